The Hall–Kier alpha value is -0.780. The fraction of sp³-hybridized carbons (Fsp3) is 0.571. The van der Waals surface area contributed by atoms with E-state index in [0.29, 0.717) is 23.3 Å². The molecule has 5 heteroatoms. The van der Waals surface area contributed by atoms with Gasteiger partial charge < -0.3 is 20.3 Å². The van der Waals surface area contributed by atoms with Gasteiger partial charge in [0.25, 0.3) is 0 Å². The lowest BCUT2D eigenvalue weighted by molar-refractivity contribution is 0.0140. The number of nitrogens with one attached hydrogen (secondary N) is 1. The molecule has 0 saturated carbocycles. The molecule has 0 saturated heterocycles. The monoisotopic (exact) mass is 331 g/mol. The molecule has 1 aromatic carbocycles. The molecule has 0 spiro atoms. The lowest BCUT2D eigenvalue weighted by Gasteiger charge is -2.28. The number of aliphatic hydroxyl groups is 1. The fourth-order valence-corrected chi connectivity index (χ4v) is 2.04. The van der Waals surface area contributed by atoms with Crippen LogP contribution in [0.5, 0.6) is 11.5 Å². The average molecular weight is 332 g/mol. The van der Waals surface area contributed by atoms with Crippen molar-refractivity contribution < 1.29 is 14.9 Å². The van der Waals surface area contributed by atoms with Crippen LogP contribution in [0.3, 0.4) is 0 Å². The number of phenolic OH excluding ortho intramolecular Hbond substituents is 1. The molecule has 108 valence electrons. The number of halogens is 1. The third-order valence-electron chi connectivity index (χ3n) is 3.36. The van der Waals surface area contributed by atoms with E-state index < -0.39 is 5.60 Å². The van der Waals surface area contributed by atoms with E-state index in [1.54, 1.807) is 6.07 Å². The zero-order valence-electron chi connectivity index (χ0n) is 11.8. The van der Waals surface area contributed by atoms with Crippen molar-refractivity contribution in [3.05, 3.63) is 22.2 Å². The number of hydrogen-bond acceptors (Lipinski definition) is 4. The van der Waals surface area contributed by atoms with E-state index in [9.17, 15) is 10.2 Å². The summed E-state index contributed by atoms with van der Waals surface area (Å²) in [5, 5.41) is 23.1. The van der Waals surface area contributed by atoms with Gasteiger partial charge in [0.2, 0.25) is 0 Å². The second-order valence-electron chi connectivity index (χ2n) is 5.24. The lowest BCUT2D eigenvalue weighted by atomic mass is 9.92. The highest BCUT2D eigenvalue weighted by Gasteiger charge is 2.24. The Morgan fingerprint density at radius 3 is 2.58 bits per heavy atom. The lowest BCUT2D eigenvalue weighted by Crippen LogP contribution is -2.41. The van der Waals surface area contributed by atoms with E-state index in [2.05, 4.69) is 21.2 Å². The highest BCUT2D eigenvalue weighted by molar-refractivity contribution is 9.10. The molecule has 19 heavy (non-hydrogen) atoms. The molecular formula is C14H22BrNO3. The van der Waals surface area contributed by atoms with Crippen LogP contribution in [0.1, 0.15) is 26.3 Å². The number of methoxy groups -OCH3 is 1. The van der Waals surface area contributed by atoms with Crippen LogP contribution in [0, 0.1) is 5.92 Å². The van der Waals surface area contributed by atoms with Crippen molar-refractivity contribution in [2.45, 2.75) is 32.9 Å². The molecule has 0 amide bonds. The number of phenols is 1. The Bertz CT molecular complexity index is 433. The first kappa shape index (κ1) is 16.3. The van der Waals surface area contributed by atoms with Gasteiger partial charge in [-0.15, -0.1) is 0 Å². The summed E-state index contributed by atoms with van der Waals surface area (Å²) in [6.07, 6.45) is 0. The first-order valence-corrected chi connectivity index (χ1v) is 7.05. The molecular weight excluding hydrogens is 310 g/mol. The predicted molar refractivity (Wildman–Crippen MR) is 79.5 cm³/mol. The molecule has 3 N–H and O–H groups in total. The van der Waals surface area contributed by atoms with Gasteiger partial charge in [-0.3, -0.25) is 0 Å². The van der Waals surface area contributed by atoms with E-state index in [1.165, 1.54) is 7.11 Å². The molecule has 0 bridgehead atoms. The molecule has 1 unspecified atom stereocenters. The molecule has 0 aliphatic carbocycles. The number of benzene rings is 1. The summed E-state index contributed by atoms with van der Waals surface area (Å²) >= 11 is 3.29. The topological polar surface area (TPSA) is 61.7 Å². The molecule has 0 fully saturated rings. The van der Waals surface area contributed by atoms with Crippen LogP contribution in [0.2, 0.25) is 0 Å². The first-order chi connectivity index (χ1) is 8.77. The van der Waals surface area contributed by atoms with Gasteiger partial charge in [0.15, 0.2) is 11.5 Å². The van der Waals surface area contributed by atoms with Crippen molar-refractivity contribution in [2.24, 2.45) is 5.92 Å². The summed E-state index contributed by atoms with van der Waals surface area (Å²) in [6.45, 7) is 6.89. The molecule has 0 aromatic heterocycles. The van der Waals surface area contributed by atoms with E-state index >= 15 is 0 Å². The molecule has 0 radical (unpaired) electrons. The average Bonchev–Trinajstić information content (AvgIpc) is 2.33. The standard InChI is InChI=1S/C14H22BrNO3/c1-9(2)14(3,18)8-16-7-10-5-11(15)13(17)12(6-10)19-4/h5-6,9,16-18H,7-8H2,1-4H3. The number of aromatic hydroxyl groups is 1. The summed E-state index contributed by atoms with van der Waals surface area (Å²) in [7, 11) is 1.52. The maximum Gasteiger partial charge on any atom is 0.172 e. The maximum absolute atomic E-state index is 10.1. The van der Waals surface area contributed by atoms with Gasteiger partial charge in [0, 0.05) is 13.1 Å². The quantitative estimate of drug-likeness (QED) is 0.750. The highest BCUT2D eigenvalue weighted by atomic mass is 79.9. The zero-order valence-corrected chi connectivity index (χ0v) is 13.4. The Balaban J connectivity index is 2.67. The van der Waals surface area contributed by atoms with Gasteiger partial charge in [0.1, 0.15) is 0 Å². The van der Waals surface area contributed by atoms with E-state index in [4.69, 9.17) is 4.74 Å². The minimum Gasteiger partial charge on any atom is -0.503 e. The highest BCUT2D eigenvalue weighted by Crippen LogP contribution is 2.35. The molecule has 4 nitrogen and oxygen atoms in total. The van der Waals surface area contributed by atoms with E-state index in [0.717, 1.165) is 5.56 Å². The minimum absolute atomic E-state index is 0.0976. The minimum atomic E-state index is -0.738. The van der Waals surface area contributed by atoms with E-state index in [-0.39, 0.29) is 11.7 Å². The van der Waals surface area contributed by atoms with Gasteiger partial charge in [-0.25, -0.2) is 0 Å². The number of rotatable bonds is 6. The van der Waals surface area contributed by atoms with Crippen molar-refractivity contribution in [3.63, 3.8) is 0 Å². The molecule has 1 atom stereocenters. The van der Waals surface area contributed by atoms with Crippen LogP contribution in [-0.2, 0) is 6.54 Å². The van der Waals surface area contributed by atoms with Gasteiger partial charge in [-0.05, 0) is 46.5 Å². The van der Waals surface area contributed by atoms with Gasteiger partial charge in [-0.2, -0.15) is 0 Å². The van der Waals surface area contributed by atoms with Crippen LogP contribution in [0.25, 0.3) is 0 Å². The third-order valence-corrected chi connectivity index (χ3v) is 3.97. The van der Waals surface area contributed by atoms with Crippen LogP contribution in [0.4, 0.5) is 0 Å². The van der Waals surface area contributed by atoms with Crippen molar-refractivity contribution in [2.75, 3.05) is 13.7 Å². The smallest absolute Gasteiger partial charge is 0.172 e. The summed E-state index contributed by atoms with van der Waals surface area (Å²) in [5.74, 6) is 0.711. The fourth-order valence-electron chi connectivity index (χ4n) is 1.55. The van der Waals surface area contributed by atoms with Gasteiger partial charge >= 0.3 is 0 Å². The van der Waals surface area contributed by atoms with Crippen LogP contribution in [0.15, 0.2) is 16.6 Å². The van der Waals surface area contributed by atoms with Gasteiger partial charge in [-0.1, -0.05) is 13.8 Å². The van der Waals surface area contributed by atoms with Crippen molar-refractivity contribution in [3.8, 4) is 11.5 Å². The summed E-state index contributed by atoms with van der Waals surface area (Å²) < 4.78 is 5.69. The Morgan fingerprint density at radius 1 is 1.42 bits per heavy atom. The van der Waals surface area contributed by atoms with Crippen LogP contribution < -0.4 is 10.1 Å². The summed E-state index contributed by atoms with van der Waals surface area (Å²) in [5.41, 5.74) is 0.235. The molecule has 0 aliphatic rings. The van der Waals surface area contributed by atoms with Gasteiger partial charge in [0.05, 0.1) is 17.2 Å². The molecule has 1 rings (SSSR count). The Kier molecular flexibility index (Phi) is 5.64. The largest absolute Gasteiger partial charge is 0.503 e. The Labute approximate surface area is 122 Å². The first-order valence-electron chi connectivity index (χ1n) is 6.26. The molecule has 0 aliphatic heterocycles. The molecule has 1 aromatic rings. The number of hydrogen-bond donors (Lipinski definition) is 3. The van der Waals surface area contributed by atoms with E-state index in [1.807, 2.05) is 26.8 Å². The second-order valence-corrected chi connectivity index (χ2v) is 6.10. The SMILES string of the molecule is COc1cc(CNCC(C)(O)C(C)C)cc(Br)c1O. The van der Waals surface area contributed by atoms with Crippen LogP contribution in [-0.4, -0.2) is 29.5 Å². The third kappa shape index (κ3) is 4.37. The molecule has 0 heterocycles. The normalized spacial score (nSPS) is 14.5. The van der Waals surface area contributed by atoms with Crippen molar-refractivity contribution in [1.29, 1.82) is 0 Å². The van der Waals surface area contributed by atoms with Crippen molar-refractivity contribution in [1.82, 2.24) is 5.32 Å². The summed E-state index contributed by atoms with van der Waals surface area (Å²) in [6, 6.07) is 3.60. The predicted octanol–water partition coefficient (Wildman–Crippen LogP) is 2.66. The second kappa shape index (κ2) is 6.59. The number of ether oxygens (including phenoxy) is 1. The zero-order chi connectivity index (χ0) is 14.6. The van der Waals surface area contributed by atoms with Crippen molar-refractivity contribution >= 4 is 15.9 Å². The van der Waals surface area contributed by atoms with Crippen LogP contribution >= 0.6 is 15.9 Å². The summed E-state index contributed by atoms with van der Waals surface area (Å²) in [4.78, 5) is 0. The Morgan fingerprint density at radius 2 is 2.05 bits per heavy atom. The maximum atomic E-state index is 10.1.